The molecule has 0 aliphatic carbocycles. The third kappa shape index (κ3) is 11.5. The molecule has 65 heavy (non-hydrogen) atoms. The second-order valence-corrected chi connectivity index (χ2v) is 17.5. The minimum absolute atomic E-state index is 0.851. The van der Waals surface area contributed by atoms with Crippen molar-refractivity contribution in [2.24, 2.45) is 0 Å². The van der Waals surface area contributed by atoms with Crippen LogP contribution in [0.15, 0.2) is 0 Å². The molecule has 0 aromatic carbocycles. The highest BCUT2D eigenvalue weighted by molar-refractivity contribution is 7.47. The van der Waals surface area contributed by atoms with Crippen molar-refractivity contribution in [1.82, 2.24) is 10.6 Å². The summed E-state index contributed by atoms with van der Waals surface area (Å²) in [7, 11) is -5.51. The molecule has 31 heteroatoms. The second-order valence-electron chi connectivity index (χ2n) is 16.1. The van der Waals surface area contributed by atoms with Crippen LogP contribution in [0.4, 0.5) is 0 Å². The van der Waals surface area contributed by atoms with Gasteiger partial charge in [0.05, 0.1) is 33.0 Å². The summed E-state index contributed by atoms with van der Waals surface area (Å²) in [5, 5.41) is 145. The zero-order valence-corrected chi connectivity index (χ0v) is 35.3. The van der Waals surface area contributed by atoms with Crippen molar-refractivity contribution in [1.29, 1.82) is 0 Å². The Hall–Kier alpha value is -1.83. The number of ether oxygens (including phenoxy) is 9. The Kier molecular flexibility index (Phi) is 17.7. The van der Waals surface area contributed by atoms with Crippen LogP contribution >= 0.6 is 7.82 Å². The fourth-order valence-corrected chi connectivity index (χ4v) is 8.95. The van der Waals surface area contributed by atoms with Gasteiger partial charge in [-0.1, -0.05) is 0 Å². The van der Waals surface area contributed by atoms with E-state index in [1.54, 1.807) is 0 Å². The summed E-state index contributed by atoms with van der Waals surface area (Å²) in [5.74, 6) is -1.72. The summed E-state index contributed by atoms with van der Waals surface area (Å²) in [5.41, 5.74) is 0. The predicted octanol–water partition coefficient (Wildman–Crippen LogP) is -10.5. The third-order valence-corrected chi connectivity index (χ3v) is 12.5. The molecule has 7 rings (SSSR count). The van der Waals surface area contributed by atoms with Crippen LogP contribution in [0.2, 0.25) is 0 Å². The van der Waals surface area contributed by atoms with E-state index < -0.39 is 206 Å². The van der Waals surface area contributed by atoms with Crippen molar-refractivity contribution < 1.29 is 137 Å². The fraction of sp³-hybridized carbons (Fsp3) is 0.941. The summed E-state index contributed by atoms with van der Waals surface area (Å²) in [4.78, 5) is 36.1. The molecular formula is C34H57N2O28P. The summed E-state index contributed by atoms with van der Waals surface area (Å²) in [6, 6.07) is -3.58. The first-order valence-corrected chi connectivity index (χ1v) is 21.8. The number of fused-ring (bicyclic) bond motifs is 5. The SMILES string of the molecule is CC(=O)N[C@H]1[C@@H]2O[C@H]3[C@@H](O)[C@@H](CO)O[C@H](OP(=O)(O)OC[C@H]4O[C@@H](O[C@H]5[C@@H](O)[C@@H](CO)O[C@@H](O[C@@H]([C@@H]1O)[C@@H](CO[C@@H]1O[C@H](CO)[C@@H](O)[C@H](O)[C@H]1O)O2)[C@@H]5NC(C)=O)[C@H](O)[C@@H](O)[C@H]4O)[C@@H]3O. The van der Waals surface area contributed by atoms with E-state index in [2.05, 4.69) is 10.6 Å². The molecule has 16 N–H and O–H groups in total. The number of carbonyl (C=O) groups is 2. The highest BCUT2D eigenvalue weighted by Crippen LogP contribution is 2.48. The number of aliphatic hydroxyl groups is 13. The quantitative estimate of drug-likeness (QED) is 0.100. The molecule has 8 bridgehead atoms. The monoisotopic (exact) mass is 972 g/mol. The van der Waals surface area contributed by atoms with Gasteiger partial charge in [-0.25, -0.2) is 4.57 Å². The van der Waals surface area contributed by atoms with Gasteiger partial charge in [0.15, 0.2) is 31.5 Å². The molecule has 7 aliphatic heterocycles. The average molecular weight is 973 g/mol. The van der Waals surface area contributed by atoms with Crippen LogP contribution in [-0.2, 0) is 65.8 Å². The first kappa shape index (κ1) is 52.5. The van der Waals surface area contributed by atoms with Crippen LogP contribution in [0.1, 0.15) is 13.8 Å². The molecule has 26 atom stereocenters. The van der Waals surface area contributed by atoms with E-state index in [1.807, 2.05) is 0 Å². The predicted molar refractivity (Wildman–Crippen MR) is 197 cm³/mol. The van der Waals surface area contributed by atoms with E-state index in [-0.39, 0.29) is 0 Å². The molecule has 30 nitrogen and oxygen atoms in total. The van der Waals surface area contributed by atoms with E-state index in [0.29, 0.717) is 0 Å². The molecule has 2 amide bonds. The summed E-state index contributed by atoms with van der Waals surface area (Å²) in [6.45, 7) is -2.96. The Labute approximate surface area is 367 Å². The molecular weight excluding hydrogens is 915 g/mol. The largest absolute Gasteiger partial charge is 0.474 e. The molecule has 7 fully saturated rings. The van der Waals surface area contributed by atoms with Gasteiger partial charge < -0.3 is 125 Å². The van der Waals surface area contributed by atoms with Gasteiger partial charge in [-0.3, -0.25) is 18.6 Å². The molecule has 7 heterocycles. The van der Waals surface area contributed by atoms with Gasteiger partial charge in [0.1, 0.15) is 122 Å². The van der Waals surface area contributed by atoms with Crippen LogP contribution in [0.5, 0.6) is 0 Å². The Balaban J connectivity index is 1.45. The number of phosphoric ester groups is 1. The molecule has 0 radical (unpaired) electrons. The van der Waals surface area contributed by atoms with E-state index in [4.69, 9.17) is 51.7 Å². The highest BCUT2D eigenvalue weighted by atomic mass is 31.2. The van der Waals surface area contributed by atoms with Crippen LogP contribution in [0.25, 0.3) is 0 Å². The van der Waals surface area contributed by atoms with Crippen molar-refractivity contribution >= 4 is 19.6 Å². The lowest BCUT2D eigenvalue weighted by Crippen LogP contribution is -2.71. The summed E-state index contributed by atoms with van der Waals surface area (Å²) in [6.07, 6.45) is -45.4. The zero-order chi connectivity index (χ0) is 47.8. The van der Waals surface area contributed by atoms with Crippen LogP contribution < -0.4 is 10.6 Å². The standard InChI is InChI=1S/C34H57N2O28P/c1-8(40)35-15-21(46)27-14(6-54-32-24(49)22(47)17(42)10(3-37)57-32)60-30(15)63-29-20(45)12(5-39)58-34(26(29)51)64-65(52,53)55-7-13-18(43)23(48)25(50)33(59-13)62-28-16(36-9(2)41)31(61-27)56-11(4-38)19(28)44/h10-34,37-39,42-51H,3-7H2,1-2H3,(H,35,40)(H,36,41)(H,52,53)/t10-,11-,12-,13-,14-,15-,16-,17-,18+,19+,20+,21-,22+,23+,24-,25-,26-,27-,28-,29+,30+,31+,32-,33+,34-/m1/s1. The van der Waals surface area contributed by atoms with E-state index in [0.717, 1.165) is 13.8 Å². The Morgan fingerprint density at radius 1 is 0.523 bits per heavy atom. The molecule has 7 saturated heterocycles. The molecule has 0 aromatic rings. The van der Waals surface area contributed by atoms with Gasteiger partial charge in [-0.15, -0.1) is 0 Å². The van der Waals surface area contributed by atoms with Gasteiger partial charge in [-0.2, -0.15) is 0 Å². The Morgan fingerprint density at radius 3 is 1.65 bits per heavy atom. The molecule has 0 spiro atoms. The number of nitrogens with one attached hydrogen (secondary N) is 2. The normalized spacial score (nSPS) is 51.1. The number of aliphatic hydroxyl groups excluding tert-OH is 13. The van der Waals surface area contributed by atoms with Crippen LogP contribution in [-0.4, -0.2) is 270 Å². The van der Waals surface area contributed by atoms with Gasteiger partial charge in [0.25, 0.3) is 0 Å². The maximum absolute atomic E-state index is 13.3. The highest BCUT2D eigenvalue weighted by Gasteiger charge is 2.58. The molecule has 0 aromatic heterocycles. The second kappa shape index (κ2) is 21.9. The molecule has 1 unspecified atom stereocenters. The van der Waals surface area contributed by atoms with Crippen LogP contribution in [0.3, 0.4) is 0 Å². The van der Waals surface area contributed by atoms with Gasteiger partial charge in [0, 0.05) is 13.8 Å². The minimum Gasteiger partial charge on any atom is -0.394 e. The third-order valence-electron chi connectivity index (χ3n) is 11.5. The summed E-state index contributed by atoms with van der Waals surface area (Å²) >= 11 is 0. The van der Waals surface area contributed by atoms with Crippen molar-refractivity contribution in [2.75, 3.05) is 33.0 Å². The van der Waals surface area contributed by atoms with Crippen molar-refractivity contribution in [2.45, 2.75) is 167 Å². The topological polar surface area (TPSA) is 460 Å². The number of hydrogen-bond acceptors (Lipinski definition) is 27. The number of rotatable bonds is 8. The number of amides is 2. The van der Waals surface area contributed by atoms with Gasteiger partial charge in [-0.05, 0) is 0 Å². The molecule has 376 valence electrons. The first-order valence-electron chi connectivity index (χ1n) is 20.3. The Morgan fingerprint density at radius 2 is 1.03 bits per heavy atom. The summed E-state index contributed by atoms with van der Waals surface area (Å²) < 4.78 is 75.5. The number of hydrogen-bond donors (Lipinski definition) is 16. The van der Waals surface area contributed by atoms with Crippen molar-refractivity contribution in [3.63, 3.8) is 0 Å². The molecule has 7 aliphatic rings. The van der Waals surface area contributed by atoms with E-state index in [1.165, 1.54) is 0 Å². The van der Waals surface area contributed by atoms with Gasteiger partial charge >= 0.3 is 7.82 Å². The average Bonchev–Trinajstić information content (AvgIpc) is 3.25. The fourth-order valence-electron chi connectivity index (χ4n) is 8.12. The van der Waals surface area contributed by atoms with Gasteiger partial charge in [0.2, 0.25) is 11.8 Å². The maximum atomic E-state index is 13.3. The lowest BCUT2D eigenvalue weighted by molar-refractivity contribution is -0.373. The number of carbonyl (C=O) groups excluding carboxylic acids is 2. The van der Waals surface area contributed by atoms with Crippen molar-refractivity contribution in [3.05, 3.63) is 0 Å². The van der Waals surface area contributed by atoms with E-state index >= 15 is 0 Å². The lowest BCUT2D eigenvalue weighted by Gasteiger charge is -2.51. The zero-order valence-electron chi connectivity index (χ0n) is 34.4. The minimum atomic E-state index is -5.51. The molecule has 0 saturated carbocycles. The Bertz CT molecular complexity index is 1640. The van der Waals surface area contributed by atoms with E-state index in [9.17, 15) is 85.4 Å². The van der Waals surface area contributed by atoms with Crippen molar-refractivity contribution in [3.8, 4) is 0 Å². The maximum Gasteiger partial charge on any atom is 0.474 e. The smallest absolute Gasteiger partial charge is 0.394 e. The van der Waals surface area contributed by atoms with Crippen LogP contribution in [0, 0.1) is 0 Å². The number of phosphoric acid groups is 1. The lowest BCUT2D eigenvalue weighted by atomic mass is 9.93. The first-order chi connectivity index (χ1) is 30.6.